The first-order chi connectivity index (χ1) is 15.5. The first kappa shape index (κ1) is 22.4. The Kier molecular flexibility index (Phi) is 6.81. The summed E-state index contributed by atoms with van der Waals surface area (Å²) in [6.45, 7) is 4.98. The maximum atomic E-state index is 13.2. The van der Waals surface area contributed by atoms with Gasteiger partial charge in [-0.1, -0.05) is 18.4 Å². The van der Waals surface area contributed by atoms with Gasteiger partial charge in [0.1, 0.15) is 0 Å². The average molecular weight is 438 g/mol. The molecule has 1 aromatic carbocycles. The molecule has 4 rings (SSSR count). The van der Waals surface area contributed by atoms with E-state index < -0.39 is 5.92 Å². The Morgan fingerprint density at radius 3 is 2.75 bits per heavy atom. The lowest BCUT2D eigenvalue weighted by atomic mass is 9.95. The molecule has 1 aromatic heterocycles. The van der Waals surface area contributed by atoms with Crippen LogP contribution in [-0.2, 0) is 11.3 Å². The summed E-state index contributed by atoms with van der Waals surface area (Å²) in [5, 5.41) is 20.7. The van der Waals surface area contributed by atoms with Crippen LogP contribution in [0.1, 0.15) is 61.5 Å². The summed E-state index contributed by atoms with van der Waals surface area (Å²) < 4.78 is 2.06. The van der Waals surface area contributed by atoms with E-state index in [9.17, 15) is 9.59 Å². The van der Waals surface area contributed by atoms with Crippen molar-refractivity contribution in [3.63, 3.8) is 0 Å². The molecule has 2 amide bonds. The van der Waals surface area contributed by atoms with Crippen molar-refractivity contribution in [2.75, 3.05) is 19.7 Å². The van der Waals surface area contributed by atoms with E-state index in [0.717, 1.165) is 34.9 Å². The highest BCUT2D eigenvalue weighted by Gasteiger charge is 2.26. The number of rotatable bonds is 8. The van der Waals surface area contributed by atoms with Gasteiger partial charge in [0.15, 0.2) is 0 Å². The largest absolute Gasteiger partial charge is 0.395 e. The maximum Gasteiger partial charge on any atom is 0.254 e. The zero-order chi connectivity index (χ0) is 22.7. The number of allylic oxidation sites excluding steroid dienone is 1. The summed E-state index contributed by atoms with van der Waals surface area (Å²) in [5.74, 6) is -0.880. The van der Waals surface area contributed by atoms with Crippen LogP contribution < -0.4 is 10.6 Å². The van der Waals surface area contributed by atoms with Gasteiger partial charge in [-0.15, -0.1) is 0 Å². The van der Waals surface area contributed by atoms with E-state index >= 15 is 0 Å². The molecule has 8 heteroatoms. The Labute approximate surface area is 187 Å². The molecule has 8 nitrogen and oxygen atoms in total. The molecule has 0 bridgehead atoms. The number of carbonyl (C=O) groups is 2. The topological polar surface area (TPSA) is 109 Å². The van der Waals surface area contributed by atoms with Crippen LogP contribution in [0.5, 0.6) is 0 Å². The minimum atomic E-state index is -0.436. The Morgan fingerprint density at radius 1 is 1.25 bits per heavy atom. The summed E-state index contributed by atoms with van der Waals surface area (Å²) in [5.41, 5.74) is 4.07. The van der Waals surface area contributed by atoms with Crippen molar-refractivity contribution in [3.05, 3.63) is 41.1 Å². The summed E-state index contributed by atoms with van der Waals surface area (Å²) in [7, 11) is 0. The number of aliphatic hydroxyl groups is 1. The van der Waals surface area contributed by atoms with Crippen molar-refractivity contribution in [2.24, 2.45) is 10.9 Å². The lowest BCUT2D eigenvalue weighted by Crippen LogP contribution is -2.34. The molecule has 1 saturated carbocycles. The molecular formula is C24H31N5O3. The number of dihydropyridines is 1. The monoisotopic (exact) mass is 437 g/mol. The first-order valence-corrected chi connectivity index (χ1v) is 11.3. The second-order valence-electron chi connectivity index (χ2n) is 8.75. The van der Waals surface area contributed by atoms with Gasteiger partial charge in [0, 0.05) is 30.7 Å². The van der Waals surface area contributed by atoms with Crippen LogP contribution in [0.25, 0.3) is 10.9 Å². The SMILES string of the molecule is CC1=CC(C)=NC(=O)C1CNC(=O)c1cc(CNCCO)cc2c1cnn2C1CCCC1. The van der Waals surface area contributed by atoms with E-state index in [-0.39, 0.29) is 25.0 Å². The first-order valence-electron chi connectivity index (χ1n) is 11.3. The van der Waals surface area contributed by atoms with Crippen molar-refractivity contribution < 1.29 is 14.7 Å². The molecule has 2 aliphatic rings. The number of aromatic nitrogens is 2. The molecule has 1 aliphatic heterocycles. The molecule has 0 saturated heterocycles. The molecule has 1 aliphatic carbocycles. The molecule has 2 aromatic rings. The third-order valence-corrected chi connectivity index (χ3v) is 6.35. The molecule has 3 N–H and O–H groups in total. The van der Waals surface area contributed by atoms with E-state index in [2.05, 4.69) is 31.5 Å². The van der Waals surface area contributed by atoms with Crippen molar-refractivity contribution in [3.8, 4) is 0 Å². The zero-order valence-electron chi connectivity index (χ0n) is 18.7. The standard InChI is InChI=1S/C24H31N5O3/c1-15-9-16(2)28-24(32)20(15)13-26-23(31)19-10-17(12-25-7-8-30)11-22-21(19)14-27-29(22)18-5-3-4-6-18/h9-11,14,18,20,25,30H,3-8,12-13H2,1-2H3,(H,26,31). The number of benzene rings is 1. The van der Waals surface area contributed by atoms with Crippen LogP contribution in [0.2, 0.25) is 0 Å². The molecular weight excluding hydrogens is 406 g/mol. The summed E-state index contributed by atoms with van der Waals surface area (Å²) >= 11 is 0. The number of hydrogen-bond acceptors (Lipinski definition) is 5. The van der Waals surface area contributed by atoms with Gasteiger partial charge in [0.25, 0.3) is 11.8 Å². The minimum Gasteiger partial charge on any atom is -0.395 e. The third kappa shape index (κ3) is 4.66. The van der Waals surface area contributed by atoms with Gasteiger partial charge in [-0.3, -0.25) is 14.3 Å². The molecule has 1 fully saturated rings. The summed E-state index contributed by atoms with van der Waals surface area (Å²) in [6, 6.07) is 4.31. The highest BCUT2D eigenvalue weighted by molar-refractivity contribution is 6.08. The number of aliphatic hydroxyl groups excluding tert-OH is 1. The fraction of sp³-hybridized carbons (Fsp3) is 0.500. The predicted molar refractivity (Wildman–Crippen MR) is 124 cm³/mol. The number of fused-ring (bicyclic) bond motifs is 1. The van der Waals surface area contributed by atoms with Gasteiger partial charge in [-0.25, -0.2) is 4.99 Å². The summed E-state index contributed by atoms with van der Waals surface area (Å²) in [6.07, 6.45) is 8.25. The van der Waals surface area contributed by atoms with Gasteiger partial charge in [0.05, 0.1) is 35.8 Å². The Hall–Kier alpha value is -2.84. The maximum absolute atomic E-state index is 13.2. The van der Waals surface area contributed by atoms with Gasteiger partial charge in [-0.2, -0.15) is 5.10 Å². The Morgan fingerprint density at radius 2 is 2.03 bits per heavy atom. The van der Waals surface area contributed by atoms with Crippen LogP contribution in [0.15, 0.2) is 35.0 Å². The van der Waals surface area contributed by atoms with E-state index in [1.165, 1.54) is 12.8 Å². The average Bonchev–Trinajstić information content (AvgIpc) is 3.42. The lowest BCUT2D eigenvalue weighted by molar-refractivity contribution is -0.120. The smallest absolute Gasteiger partial charge is 0.254 e. The lowest BCUT2D eigenvalue weighted by Gasteiger charge is -2.19. The second kappa shape index (κ2) is 9.75. The minimum absolute atomic E-state index is 0.0554. The van der Waals surface area contributed by atoms with Crippen molar-refractivity contribution in [1.82, 2.24) is 20.4 Å². The van der Waals surface area contributed by atoms with Gasteiger partial charge < -0.3 is 15.7 Å². The Balaban J connectivity index is 1.60. The van der Waals surface area contributed by atoms with Crippen LogP contribution in [-0.4, -0.2) is 52.1 Å². The second-order valence-corrected chi connectivity index (χ2v) is 8.75. The molecule has 170 valence electrons. The third-order valence-electron chi connectivity index (χ3n) is 6.35. The number of carbonyl (C=O) groups excluding carboxylic acids is 2. The van der Waals surface area contributed by atoms with E-state index in [1.54, 1.807) is 13.1 Å². The molecule has 2 heterocycles. The van der Waals surface area contributed by atoms with Gasteiger partial charge >= 0.3 is 0 Å². The van der Waals surface area contributed by atoms with Crippen LogP contribution in [0, 0.1) is 5.92 Å². The number of amides is 2. The van der Waals surface area contributed by atoms with Gasteiger partial charge in [-0.05, 0) is 50.5 Å². The molecule has 1 atom stereocenters. The number of nitrogens with zero attached hydrogens (tertiary/aromatic N) is 3. The summed E-state index contributed by atoms with van der Waals surface area (Å²) in [4.78, 5) is 29.5. The molecule has 1 unspecified atom stereocenters. The highest BCUT2D eigenvalue weighted by Crippen LogP contribution is 2.33. The van der Waals surface area contributed by atoms with Crippen molar-refractivity contribution in [1.29, 1.82) is 0 Å². The van der Waals surface area contributed by atoms with Crippen LogP contribution in [0.3, 0.4) is 0 Å². The van der Waals surface area contributed by atoms with Crippen LogP contribution in [0.4, 0.5) is 0 Å². The fourth-order valence-corrected chi connectivity index (χ4v) is 4.69. The number of hydrogen-bond donors (Lipinski definition) is 3. The predicted octanol–water partition coefficient (Wildman–Crippen LogP) is 2.53. The van der Waals surface area contributed by atoms with Crippen molar-refractivity contribution >= 4 is 28.4 Å². The number of nitrogens with one attached hydrogen (secondary N) is 2. The van der Waals surface area contributed by atoms with E-state index in [1.807, 2.05) is 19.1 Å². The van der Waals surface area contributed by atoms with Gasteiger partial charge in [0.2, 0.25) is 0 Å². The highest BCUT2D eigenvalue weighted by atomic mass is 16.3. The molecule has 0 spiro atoms. The quantitative estimate of drug-likeness (QED) is 0.550. The van der Waals surface area contributed by atoms with Crippen LogP contribution >= 0.6 is 0 Å². The normalized spacial score (nSPS) is 19.3. The number of aliphatic imine (C=N–C) groups is 1. The molecule has 0 radical (unpaired) electrons. The Bertz CT molecular complexity index is 1080. The fourth-order valence-electron chi connectivity index (χ4n) is 4.69. The van der Waals surface area contributed by atoms with E-state index in [0.29, 0.717) is 30.4 Å². The van der Waals surface area contributed by atoms with E-state index in [4.69, 9.17) is 5.11 Å². The van der Waals surface area contributed by atoms with Crippen molar-refractivity contribution in [2.45, 2.75) is 52.1 Å². The zero-order valence-corrected chi connectivity index (χ0v) is 18.7. The molecule has 32 heavy (non-hydrogen) atoms.